The standard InChI is InChI=1S/C20H18FN5S/c1-13(2)18-17-11-23-26(16-8-6-14(21)7-9-16)19(17)20(25-24-18)27-12-15-5-3-4-10-22-15/h3-11,13H,12H2,1-2H3. The van der Waals surface area contributed by atoms with E-state index < -0.39 is 0 Å². The number of fused-ring (bicyclic) bond motifs is 1. The molecule has 4 rings (SSSR count). The second-order valence-corrected chi connectivity index (χ2v) is 7.41. The maximum Gasteiger partial charge on any atom is 0.146 e. The smallest absolute Gasteiger partial charge is 0.146 e. The van der Waals surface area contributed by atoms with Gasteiger partial charge in [0.25, 0.3) is 0 Å². The first kappa shape index (κ1) is 17.6. The minimum absolute atomic E-state index is 0.223. The minimum atomic E-state index is -0.275. The third-order valence-corrected chi connectivity index (χ3v) is 5.19. The molecule has 1 aromatic carbocycles. The summed E-state index contributed by atoms with van der Waals surface area (Å²) in [6.45, 7) is 4.17. The lowest BCUT2D eigenvalue weighted by Crippen LogP contribution is -2.02. The van der Waals surface area contributed by atoms with Crippen LogP contribution in [-0.4, -0.2) is 25.0 Å². The minimum Gasteiger partial charge on any atom is -0.260 e. The normalized spacial score (nSPS) is 11.4. The molecule has 7 heteroatoms. The van der Waals surface area contributed by atoms with Crippen LogP contribution in [0.2, 0.25) is 0 Å². The van der Waals surface area contributed by atoms with Crippen molar-refractivity contribution < 1.29 is 4.39 Å². The number of hydrogen-bond donors (Lipinski definition) is 0. The van der Waals surface area contributed by atoms with E-state index in [9.17, 15) is 4.39 Å². The molecule has 0 amide bonds. The zero-order valence-electron chi connectivity index (χ0n) is 15.0. The zero-order valence-corrected chi connectivity index (χ0v) is 15.8. The second kappa shape index (κ2) is 7.44. The summed E-state index contributed by atoms with van der Waals surface area (Å²) in [5, 5.41) is 15.2. The Balaban J connectivity index is 1.81. The average Bonchev–Trinajstić information content (AvgIpc) is 3.12. The van der Waals surface area contributed by atoms with Crippen LogP contribution >= 0.6 is 11.8 Å². The van der Waals surface area contributed by atoms with Crippen molar-refractivity contribution in [3.8, 4) is 5.69 Å². The fraction of sp³-hybridized carbons (Fsp3) is 0.200. The van der Waals surface area contributed by atoms with E-state index in [2.05, 4.69) is 34.1 Å². The van der Waals surface area contributed by atoms with E-state index in [1.165, 1.54) is 12.1 Å². The van der Waals surface area contributed by atoms with Crippen LogP contribution in [-0.2, 0) is 5.75 Å². The molecule has 4 aromatic rings. The Bertz CT molecular complexity index is 1060. The molecule has 3 heterocycles. The Morgan fingerprint density at radius 2 is 1.89 bits per heavy atom. The van der Waals surface area contributed by atoms with E-state index in [1.807, 2.05) is 24.4 Å². The molecule has 0 N–H and O–H groups in total. The van der Waals surface area contributed by atoms with Gasteiger partial charge in [-0.15, -0.1) is 5.10 Å². The molecule has 0 unspecified atom stereocenters. The van der Waals surface area contributed by atoms with Crippen molar-refractivity contribution >= 4 is 22.7 Å². The number of benzene rings is 1. The van der Waals surface area contributed by atoms with Crippen molar-refractivity contribution in [2.24, 2.45) is 0 Å². The predicted molar refractivity (Wildman–Crippen MR) is 105 cm³/mol. The summed E-state index contributed by atoms with van der Waals surface area (Å²) in [6.07, 6.45) is 3.59. The van der Waals surface area contributed by atoms with Crippen molar-refractivity contribution in [2.75, 3.05) is 0 Å². The van der Waals surface area contributed by atoms with Crippen LogP contribution in [0.1, 0.15) is 31.2 Å². The molecule has 0 atom stereocenters. The maximum atomic E-state index is 13.3. The summed E-state index contributed by atoms with van der Waals surface area (Å²) in [4.78, 5) is 4.36. The number of hydrogen-bond acceptors (Lipinski definition) is 5. The summed E-state index contributed by atoms with van der Waals surface area (Å²) < 4.78 is 15.1. The van der Waals surface area contributed by atoms with Gasteiger partial charge in [0, 0.05) is 17.3 Å². The quantitative estimate of drug-likeness (QED) is 0.468. The van der Waals surface area contributed by atoms with Crippen molar-refractivity contribution in [3.05, 3.63) is 72.1 Å². The Labute approximate surface area is 160 Å². The first-order valence-corrected chi connectivity index (χ1v) is 9.65. The Hall–Kier alpha value is -2.80. The lowest BCUT2D eigenvalue weighted by molar-refractivity contribution is 0.627. The predicted octanol–water partition coefficient (Wildman–Crippen LogP) is 4.77. The molecular weight excluding hydrogens is 361 g/mol. The third-order valence-electron chi connectivity index (χ3n) is 4.20. The molecule has 0 bridgehead atoms. The number of rotatable bonds is 5. The van der Waals surface area contributed by atoms with Crippen LogP contribution in [0.15, 0.2) is 59.9 Å². The van der Waals surface area contributed by atoms with Crippen LogP contribution < -0.4 is 0 Å². The molecule has 0 fully saturated rings. The number of thioether (sulfide) groups is 1. The summed E-state index contributed by atoms with van der Waals surface area (Å²) >= 11 is 1.57. The van der Waals surface area contributed by atoms with E-state index in [0.29, 0.717) is 5.75 Å². The highest BCUT2D eigenvalue weighted by atomic mass is 32.2. The highest BCUT2D eigenvalue weighted by molar-refractivity contribution is 7.98. The number of pyridine rings is 1. The number of aromatic nitrogens is 5. The Morgan fingerprint density at radius 1 is 1.07 bits per heavy atom. The molecule has 0 spiro atoms. The molecule has 5 nitrogen and oxygen atoms in total. The van der Waals surface area contributed by atoms with Crippen LogP contribution in [0.4, 0.5) is 4.39 Å². The Morgan fingerprint density at radius 3 is 2.59 bits per heavy atom. The summed E-state index contributed by atoms with van der Waals surface area (Å²) in [5.74, 6) is 0.628. The van der Waals surface area contributed by atoms with Gasteiger partial charge in [-0.2, -0.15) is 10.2 Å². The van der Waals surface area contributed by atoms with Gasteiger partial charge in [0.1, 0.15) is 16.4 Å². The Kier molecular flexibility index (Phi) is 4.85. The van der Waals surface area contributed by atoms with E-state index in [4.69, 9.17) is 0 Å². The van der Waals surface area contributed by atoms with Crippen molar-refractivity contribution in [3.63, 3.8) is 0 Å². The maximum absolute atomic E-state index is 13.3. The highest BCUT2D eigenvalue weighted by Crippen LogP contribution is 2.32. The monoisotopic (exact) mass is 379 g/mol. The molecule has 0 aliphatic heterocycles. The SMILES string of the molecule is CC(C)c1nnc(SCc2ccccn2)c2c1cnn2-c1ccc(F)cc1. The molecule has 136 valence electrons. The van der Waals surface area contributed by atoms with E-state index in [1.54, 1.807) is 34.8 Å². The van der Waals surface area contributed by atoms with Gasteiger partial charge in [-0.05, 0) is 42.3 Å². The van der Waals surface area contributed by atoms with Gasteiger partial charge >= 0.3 is 0 Å². The van der Waals surface area contributed by atoms with Crippen LogP contribution in [0.5, 0.6) is 0 Å². The molecule has 0 aliphatic rings. The largest absolute Gasteiger partial charge is 0.260 e. The fourth-order valence-corrected chi connectivity index (χ4v) is 3.76. The van der Waals surface area contributed by atoms with E-state index in [-0.39, 0.29) is 11.7 Å². The first-order valence-electron chi connectivity index (χ1n) is 8.66. The summed E-state index contributed by atoms with van der Waals surface area (Å²) in [7, 11) is 0. The third kappa shape index (κ3) is 3.55. The van der Waals surface area contributed by atoms with Crippen LogP contribution in [0.3, 0.4) is 0 Å². The van der Waals surface area contributed by atoms with Gasteiger partial charge in [0.05, 0.1) is 23.3 Å². The van der Waals surface area contributed by atoms with Crippen molar-refractivity contribution in [1.29, 1.82) is 0 Å². The molecule has 27 heavy (non-hydrogen) atoms. The summed E-state index contributed by atoms with van der Waals surface area (Å²) in [6, 6.07) is 12.1. The van der Waals surface area contributed by atoms with Gasteiger partial charge in [0.2, 0.25) is 0 Å². The molecule has 0 saturated heterocycles. The van der Waals surface area contributed by atoms with Gasteiger partial charge in [-0.1, -0.05) is 31.7 Å². The van der Waals surface area contributed by atoms with Crippen molar-refractivity contribution in [1.82, 2.24) is 25.0 Å². The first-order chi connectivity index (χ1) is 13.1. The summed E-state index contributed by atoms with van der Waals surface area (Å²) in [5.41, 5.74) is 3.55. The highest BCUT2D eigenvalue weighted by Gasteiger charge is 2.18. The number of nitrogens with zero attached hydrogens (tertiary/aromatic N) is 5. The lowest BCUT2D eigenvalue weighted by atomic mass is 10.1. The molecular formula is C20H18FN5S. The second-order valence-electron chi connectivity index (χ2n) is 6.45. The van der Waals surface area contributed by atoms with Gasteiger partial charge < -0.3 is 0 Å². The van der Waals surface area contributed by atoms with Gasteiger partial charge in [-0.25, -0.2) is 9.07 Å². The van der Waals surface area contributed by atoms with E-state index in [0.717, 1.165) is 33.0 Å². The van der Waals surface area contributed by atoms with Crippen LogP contribution in [0, 0.1) is 5.82 Å². The average molecular weight is 379 g/mol. The van der Waals surface area contributed by atoms with Crippen molar-refractivity contribution in [2.45, 2.75) is 30.5 Å². The zero-order chi connectivity index (χ0) is 18.8. The van der Waals surface area contributed by atoms with E-state index >= 15 is 0 Å². The lowest BCUT2D eigenvalue weighted by Gasteiger charge is -2.10. The van der Waals surface area contributed by atoms with Crippen LogP contribution in [0.25, 0.3) is 16.6 Å². The molecule has 0 saturated carbocycles. The van der Waals surface area contributed by atoms with Gasteiger partial charge in [-0.3, -0.25) is 4.98 Å². The number of halogens is 1. The molecule has 0 radical (unpaired) electrons. The fourth-order valence-electron chi connectivity index (χ4n) is 2.87. The molecule has 0 aliphatic carbocycles. The van der Waals surface area contributed by atoms with Gasteiger partial charge in [0.15, 0.2) is 0 Å². The molecule has 3 aromatic heterocycles. The topological polar surface area (TPSA) is 56.5 Å².